The zero-order valence-corrected chi connectivity index (χ0v) is 27.5. The Labute approximate surface area is 270 Å². The summed E-state index contributed by atoms with van der Waals surface area (Å²) in [6.45, 7) is 7.45. The Balaban J connectivity index is 1.60. The number of nitrogens with one attached hydrogen (secondary N) is 1. The van der Waals surface area contributed by atoms with E-state index in [1.165, 1.54) is 24.0 Å². The number of halogens is 2. The van der Waals surface area contributed by atoms with E-state index in [-0.39, 0.29) is 38.2 Å². The molecule has 0 aromatic heterocycles. The second kappa shape index (κ2) is 16.6. The molecule has 0 spiro atoms. The summed E-state index contributed by atoms with van der Waals surface area (Å²) in [6.07, 6.45) is 2.10. The van der Waals surface area contributed by atoms with Crippen molar-refractivity contribution in [1.29, 1.82) is 0 Å². The molecule has 11 heteroatoms. The molecule has 2 unspecified atom stereocenters. The molecule has 1 aliphatic carbocycles. The Morgan fingerprint density at radius 1 is 1.02 bits per heavy atom. The van der Waals surface area contributed by atoms with E-state index in [9.17, 15) is 18.4 Å². The predicted molar refractivity (Wildman–Crippen MR) is 168 cm³/mol. The lowest BCUT2D eigenvalue weighted by molar-refractivity contribution is -0.213. The minimum absolute atomic E-state index is 0.0212. The van der Waals surface area contributed by atoms with E-state index < -0.39 is 47.8 Å². The van der Waals surface area contributed by atoms with Crippen LogP contribution in [-0.2, 0) is 41.5 Å². The number of hydrogen-bond donors (Lipinski definition) is 1. The van der Waals surface area contributed by atoms with Gasteiger partial charge in [-0.1, -0.05) is 30.3 Å². The molecular formula is C35H48F2N2O7. The van der Waals surface area contributed by atoms with Gasteiger partial charge < -0.3 is 29.0 Å². The molecule has 2 aromatic rings. The van der Waals surface area contributed by atoms with Gasteiger partial charge in [0.05, 0.1) is 44.6 Å². The Morgan fingerprint density at radius 3 is 2.30 bits per heavy atom. The van der Waals surface area contributed by atoms with Gasteiger partial charge in [-0.25, -0.2) is 13.6 Å². The van der Waals surface area contributed by atoms with Crippen molar-refractivity contribution in [1.82, 2.24) is 10.2 Å². The van der Waals surface area contributed by atoms with Crippen LogP contribution in [0.25, 0.3) is 0 Å². The Kier molecular flexibility index (Phi) is 12.9. The molecule has 1 N–H and O–H groups in total. The minimum atomic E-state index is -0.853. The first-order chi connectivity index (χ1) is 21.9. The van der Waals surface area contributed by atoms with Gasteiger partial charge in [-0.15, -0.1) is 0 Å². The maximum Gasteiger partial charge on any atom is 0.410 e. The van der Waals surface area contributed by atoms with Crippen molar-refractivity contribution in [3.8, 4) is 0 Å². The molecule has 2 aromatic carbocycles. The molecule has 4 atom stereocenters. The second-order valence-corrected chi connectivity index (χ2v) is 13.2. The fourth-order valence-corrected chi connectivity index (χ4v) is 6.08. The summed E-state index contributed by atoms with van der Waals surface area (Å²) < 4.78 is 58.6. The highest BCUT2D eigenvalue weighted by atomic mass is 19.1. The molecule has 2 fully saturated rings. The number of methoxy groups -OCH3 is 1. The van der Waals surface area contributed by atoms with Crippen molar-refractivity contribution >= 4 is 12.0 Å². The lowest BCUT2D eigenvalue weighted by Crippen LogP contribution is -2.63. The van der Waals surface area contributed by atoms with Gasteiger partial charge in [0.15, 0.2) is 6.29 Å². The van der Waals surface area contributed by atoms with Crippen LogP contribution in [0.1, 0.15) is 64.5 Å². The highest BCUT2D eigenvalue weighted by Gasteiger charge is 2.43. The monoisotopic (exact) mass is 646 g/mol. The van der Waals surface area contributed by atoms with Crippen LogP contribution >= 0.6 is 0 Å². The molecule has 4 rings (SSSR count). The van der Waals surface area contributed by atoms with E-state index in [0.717, 1.165) is 37.3 Å². The van der Waals surface area contributed by atoms with Crippen LogP contribution in [0.15, 0.2) is 48.5 Å². The third-order valence-corrected chi connectivity index (χ3v) is 8.30. The number of benzene rings is 2. The van der Waals surface area contributed by atoms with E-state index in [0.29, 0.717) is 18.1 Å². The van der Waals surface area contributed by atoms with Crippen LogP contribution in [0.4, 0.5) is 13.6 Å². The second-order valence-electron chi connectivity index (χ2n) is 13.2. The quantitative estimate of drug-likeness (QED) is 0.312. The van der Waals surface area contributed by atoms with Crippen LogP contribution in [0.3, 0.4) is 0 Å². The third-order valence-electron chi connectivity index (χ3n) is 8.30. The number of rotatable bonds is 12. The number of nitrogens with zero attached hydrogens (tertiary/aromatic N) is 1. The summed E-state index contributed by atoms with van der Waals surface area (Å²) in [6, 6.07) is 11.2. The highest BCUT2D eigenvalue weighted by molar-refractivity contribution is 5.73. The predicted octanol–water partition coefficient (Wildman–Crippen LogP) is 5.78. The summed E-state index contributed by atoms with van der Waals surface area (Å²) in [7, 11) is 1.74. The first-order valence-electron chi connectivity index (χ1n) is 16.0. The lowest BCUT2D eigenvalue weighted by Gasteiger charge is -2.45. The van der Waals surface area contributed by atoms with Crippen molar-refractivity contribution in [3.63, 3.8) is 0 Å². The molecule has 0 radical (unpaired) electrons. The van der Waals surface area contributed by atoms with Crippen molar-refractivity contribution in [2.24, 2.45) is 5.92 Å². The molecule has 2 amide bonds. The zero-order chi connectivity index (χ0) is 33.3. The van der Waals surface area contributed by atoms with Crippen LogP contribution in [-0.4, -0.2) is 80.0 Å². The molecule has 2 aliphatic rings. The number of morpholine rings is 1. The average Bonchev–Trinajstić information content (AvgIpc) is 2.99. The van der Waals surface area contributed by atoms with Gasteiger partial charge in [-0.05, 0) is 82.1 Å². The lowest BCUT2D eigenvalue weighted by atomic mass is 9.88. The molecular weight excluding hydrogens is 598 g/mol. The van der Waals surface area contributed by atoms with Crippen molar-refractivity contribution in [2.75, 3.05) is 26.9 Å². The van der Waals surface area contributed by atoms with Crippen LogP contribution in [0, 0.1) is 17.6 Å². The molecule has 9 nitrogen and oxygen atoms in total. The number of carbonyl (C=O) groups is 2. The number of carbonyl (C=O) groups excluding carboxylic acids is 2. The standard InChI is InChI=1S/C35H48F2N2O7/c1-23(40)38-30(17-26-15-27(36)18-28(37)16-26)33(45-21-24-9-7-6-8-10-24)31-22-44-32(19-39(31)34(41)46-35(2,3)4)43-20-25-11-13-29(42-5)14-12-25/h6-10,15-16,18,25,29-33H,11-14,17,19-22H2,1-5H3,(H,38,40)/t25?,29?,30?,31?,32-,33-/m0/s1. The maximum atomic E-state index is 14.2. The largest absolute Gasteiger partial charge is 0.444 e. The average molecular weight is 647 g/mol. The fourth-order valence-electron chi connectivity index (χ4n) is 6.08. The Hall–Kier alpha value is -3.12. The van der Waals surface area contributed by atoms with Crippen molar-refractivity contribution in [3.05, 3.63) is 71.3 Å². The molecule has 0 bridgehead atoms. The first kappa shape index (κ1) is 35.7. The number of hydrogen-bond acceptors (Lipinski definition) is 7. The van der Waals surface area contributed by atoms with Crippen molar-refractivity contribution in [2.45, 2.75) is 103 Å². The van der Waals surface area contributed by atoms with E-state index >= 15 is 0 Å². The molecule has 254 valence electrons. The smallest absolute Gasteiger partial charge is 0.410 e. The first-order valence-corrected chi connectivity index (χ1v) is 16.0. The van der Waals surface area contributed by atoms with E-state index in [1.807, 2.05) is 30.3 Å². The Morgan fingerprint density at radius 2 is 1.70 bits per heavy atom. The van der Waals surface area contributed by atoms with E-state index in [2.05, 4.69) is 5.32 Å². The maximum absolute atomic E-state index is 14.2. The topological polar surface area (TPSA) is 95.6 Å². The highest BCUT2D eigenvalue weighted by Crippen LogP contribution is 2.29. The van der Waals surface area contributed by atoms with Gasteiger partial charge in [0, 0.05) is 20.1 Å². The molecule has 1 heterocycles. The fraction of sp³-hybridized carbons (Fsp3) is 0.600. The molecule has 1 aliphatic heterocycles. The van der Waals surface area contributed by atoms with E-state index in [1.54, 1.807) is 27.9 Å². The SMILES string of the molecule is COC1CCC(CO[C@@H]2CN(C(=O)OC(C)(C)C)C([C@@H](OCc3ccccc3)C(Cc3cc(F)cc(F)c3)NC(C)=O)CO2)CC1. The minimum Gasteiger partial charge on any atom is -0.444 e. The normalized spacial score (nSPS) is 23.4. The van der Waals surface area contributed by atoms with Gasteiger partial charge in [-0.3, -0.25) is 9.69 Å². The summed E-state index contributed by atoms with van der Waals surface area (Å²) in [5.41, 5.74) is 0.414. The van der Waals surface area contributed by atoms with Crippen LogP contribution < -0.4 is 5.32 Å². The van der Waals surface area contributed by atoms with Crippen LogP contribution in [0.5, 0.6) is 0 Å². The summed E-state index contributed by atoms with van der Waals surface area (Å²) in [5.74, 6) is -1.46. The molecule has 46 heavy (non-hydrogen) atoms. The van der Waals surface area contributed by atoms with Crippen molar-refractivity contribution < 1.29 is 42.1 Å². The van der Waals surface area contributed by atoms with Gasteiger partial charge in [0.25, 0.3) is 0 Å². The number of amides is 2. The summed E-state index contributed by atoms with van der Waals surface area (Å²) in [5, 5.41) is 2.91. The molecule has 1 saturated heterocycles. The Bertz CT molecular complexity index is 1250. The van der Waals surface area contributed by atoms with Gasteiger partial charge in [-0.2, -0.15) is 0 Å². The van der Waals surface area contributed by atoms with Gasteiger partial charge in [0.2, 0.25) is 5.91 Å². The summed E-state index contributed by atoms with van der Waals surface area (Å²) in [4.78, 5) is 27.8. The van der Waals surface area contributed by atoms with E-state index in [4.69, 9.17) is 23.7 Å². The van der Waals surface area contributed by atoms with Gasteiger partial charge >= 0.3 is 6.09 Å². The molecule has 1 saturated carbocycles. The van der Waals surface area contributed by atoms with Gasteiger partial charge in [0.1, 0.15) is 23.3 Å². The van der Waals surface area contributed by atoms with Crippen LogP contribution in [0.2, 0.25) is 0 Å². The summed E-state index contributed by atoms with van der Waals surface area (Å²) >= 11 is 0. The third kappa shape index (κ3) is 11.0. The number of ether oxygens (including phenoxy) is 5. The zero-order valence-electron chi connectivity index (χ0n) is 27.5.